The summed E-state index contributed by atoms with van der Waals surface area (Å²) in [6.45, 7) is 0.682. The van der Waals surface area contributed by atoms with Crippen molar-refractivity contribution < 1.29 is 0 Å². The zero-order chi connectivity index (χ0) is 13.1. The summed E-state index contributed by atoms with van der Waals surface area (Å²) in [6, 6.07) is 8.00. The first-order valence-electron chi connectivity index (χ1n) is 6.32. The molecule has 0 unspecified atom stereocenters. The zero-order valence-corrected chi connectivity index (χ0v) is 10.5. The standard InChI is InChI=1S/C14H15N5/c15-7-2-3-11-9-16-8-6-12(11)13-4-1-5-14-17-10-18-19(13)14/h1,4-6,8-10H,2-3,7,15H2. The molecule has 0 bridgehead atoms. The zero-order valence-electron chi connectivity index (χ0n) is 10.5. The molecule has 5 heteroatoms. The summed E-state index contributed by atoms with van der Waals surface area (Å²) in [4.78, 5) is 8.42. The summed E-state index contributed by atoms with van der Waals surface area (Å²) in [6.07, 6.45) is 7.15. The topological polar surface area (TPSA) is 69.1 Å². The molecule has 96 valence electrons. The highest BCUT2D eigenvalue weighted by Gasteiger charge is 2.09. The largest absolute Gasteiger partial charge is 0.330 e. The number of hydrogen-bond acceptors (Lipinski definition) is 4. The number of rotatable bonds is 4. The smallest absolute Gasteiger partial charge is 0.155 e. The first-order chi connectivity index (χ1) is 9.40. The van der Waals surface area contributed by atoms with Crippen molar-refractivity contribution in [2.45, 2.75) is 12.8 Å². The predicted octanol–water partition coefficient (Wildman–Crippen LogP) is 1.68. The number of pyridine rings is 2. The molecule has 0 fully saturated rings. The minimum atomic E-state index is 0.682. The van der Waals surface area contributed by atoms with E-state index in [2.05, 4.69) is 15.1 Å². The van der Waals surface area contributed by atoms with Gasteiger partial charge in [-0.05, 0) is 43.1 Å². The minimum absolute atomic E-state index is 0.682. The molecule has 3 heterocycles. The number of nitrogens with two attached hydrogens (primary N) is 1. The maximum absolute atomic E-state index is 5.59. The van der Waals surface area contributed by atoms with Crippen molar-refractivity contribution in [3.05, 3.63) is 48.5 Å². The molecule has 5 nitrogen and oxygen atoms in total. The molecule has 3 rings (SSSR count). The lowest BCUT2D eigenvalue weighted by Gasteiger charge is -2.09. The van der Waals surface area contributed by atoms with Crippen LogP contribution in [0, 0.1) is 0 Å². The number of aryl methyl sites for hydroxylation is 1. The van der Waals surface area contributed by atoms with Crippen LogP contribution in [0.3, 0.4) is 0 Å². The van der Waals surface area contributed by atoms with Crippen LogP contribution in [0.1, 0.15) is 12.0 Å². The summed E-state index contributed by atoms with van der Waals surface area (Å²) in [5, 5.41) is 4.28. The van der Waals surface area contributed by atoms with Crippen LogP contribution < -0.4 is 5.73 Å². The fourth-order valence-corrected chi connectivity index (χ4v) is 2.22. The normalized spacial score (nSPS) is 11.0. The second-order valence-corrected chi connectivity index (χ2v) is 4.37. The van der Waals surface area contributed by atoms with Crippen LogP contribution in [0.5, 0.6) is 0 Å². The summed E-state index contributed by atoms with van der Waals surface area (Å²) in [5.41, 5.74) is 9.80. The Bertz CT molecular complexity index is 689. The van der Waals surface area contributed by atoms with Gasteiger partial charge in [-0.3, -0.25) is 4.98 Å². The Hall–Kier alpha value is -2.27. The molecule has 0 saturated carbocycles. The monoisotopic (exact) mass is 253 g/mol. The van der Waals surface area contributed by atoms with Gasteiger partial charge in [0, 0.05) is 18.0 Å². The van der Waals surface area contributed by atoms with Gasteiger partial charge in [0.05, 0.1) is 5.69 Å². The first-order valence-corrected chi connectivity index (χ1v) is 6.32. The van der Waals surface area contributed by atoms with Crippen molar-refractivity contribution in [1.82, 2.24) is 19.6 Å². The van der Waals surface area contributed by atoms with Crippen molar-refractivity contribution >= 4 is 5.65 Å². The molecule has 3 aromatic heterocycles. The molecule has 0 aliphatic heterocycles. The fourth-order valence-electron chi connectivity index (χ4n) is 2.22. The summed E-state index contributed by atoms with van der Waals surface area (Å²) in [5.74, 6) is 0. The SMILES string of the molecule is NCCCc1cnccc1-c1cccc2ncnn12. The molecular weight excluding hydrogens is 238 g/mol. The molecule has 3 aromatic rings. The van der Waals surface area contributed by atoms with E-state index >= 15 is 0 Å². The van der Waals surface area contributed by atoms with E-state index in [4.69, 9.17) is 5.73 Å². The molecule has 0 spiro atoms. The molecule has 0 radical (unpaired) electrons. The van der Waals surface area contributed by atoms with Gasteiger partial charge >= 0.3 is 0 Å². The van der Waals surface area contributed by atoms with Crippen LogP contribution in [0.2, 0.25) is 0 Å². The third kappa shape index (κ3) is 2.20. The molecule has 0 aliphatic carbocycles. The average molecular weight is 253 g/mol. The van der Waals surface area contributed by atoms with Crippen molar-refractivity contribution in [2.24, 2.45) is 5.73 Å². The summed E-state index contributed by atoms with van der Waals surface area (Å²) < 4.78 is 1.85. The van der Waals surface area contributed by atoms with E-state index in [1.54, 1.807) is 12.5 Å². The van der Waals surface area contributed by atoms with E-state index in [1.165, 1.54) is 5.56 Å². The highest BCUT2D eigenvalue weighted by atomic mass is 15.3. The Morgan fingerprint density at radius 3 is 3.05 bits per heavy atom. The molecule has 19 heavy (non-hydrogen) atoms. The third-order valence-electron chi connectivity index (χ3n) is 3.13. The Labute approximate surface area is 111 Å². The average Bonchev–Trinajstić information content (AvgIpc) is 2.94. The Morgan fingerprint density at radius 1 is 1.21 bits per heavy atom. The second-order valence-electron chi connectivity index (χ2n) is 4.37. The highest BCUT2D eigenvalue weighted by Crippen LogP contribution is 2.23. The molecule has 0 aliphatic rings. The van der Waals surface area contributed by atoms with E-state index in [-0.39, 0.29) is 0 Å². The second kappa shape index (κ2) is 5.16. The van der Waals surface area contributed by atoms with Crippen LogP contribution >= 0.6 is 0 Å². The van der Waals surface area contributed by atoms with Gasteiger partial charge in [-0.25, -0.2) is 9.50 Å². The van der Waals surface area contributed by atoms with Gasteiger partial charge in [0.25, 0.3) is 0 Å². The Balaban J connectivity index is 2.13. The van der Waals surface area contributed by atoms with Gasteiger partial charge in [-0.2, -0.15) is 5.10 Å². The highest BCUT2D eigenvalue weighted by molar-refractivity contribution is 5.65. The van der Waals surface area contributed by atoms with E-state index in [0.717, 1.165) is 29.7 Å². The van der Waals surface area contributed by atoms with Crippen molar-refractivity contribution in [1.29, 1.82) is 0 Å². The van der Waals surface area contributed by atoms with Crippen LogP contribution in [0.4, 0.5) is 0 Å². The van der Waals surface area contributed by atoms with Crippen molar-refractivity contribution in [3.8, 4) is 11.3 Å². The van der Waals surface area contributed by atoms with Gasteiger partial charge < -0.3 is 5.73 Å². The maximum atomic E-state index is 5.59. The molecule has 0 aromatic carbocycles. The van der Waals surface area contributed by atoms with Gasteiger partial charge in [-0.1, -0.05) is 6.07 Å². The molecular formula is C14H15N5. The first kappa shape index (κ1) is 11.8. The summed E-state index contributed by atoms with van der Waals surface area (Å²) >= 11 is 0. The quantitative estimate of drug-likeness (QED) is 0.768. The molecule has 0 saturated heterocycles. The summed E-state index contributed by atoms with van der Waals surface area (Å²) in [7, 11) is 0. The van der Waals surface area contributed by atoms with E-state index < -0.39 is 0 Å². The molecule has 0 amide bonds. The third-order valence-corrected chi connectivity index (χ3v) is 3.13. The lowest BCUT2D eigenvalue weighted by Crippen LogP contribution is -2.03. The molecule has 2 N–H and O–H groups in total. The van der Waals surface area contributed by atoms with E-state index in [0.29, 0.717) is 6.54 Å². The molecule has 0 atom stereocenters. The number of fused-ring (bicyclic) bond motifs is 1. The number of hydrogen-bond donors (Lipinski definition) is 1. The maximum Gasteiger partial charge on any atom is 0.155 e. The van der Waals surface area contributed by atoms with Crippen molar-refractivity contribution in [2.75, 3.05) is 6.54 Å². The van der Waals surface area contributed by atoms with Crippen LogP contribution in [-0.4, -0.2) is 26.1 Å². The number of nitrogens with zero attached hydrogens (tertiary/aromatic N) is 4. The number of aromatic nitrogens is 4. The lowest BCUT2D eigenvalue weighted by atomic mass is 10.0. The van der Waals surface area contributed by atoms with Gasteiger partial charge in [0.1, 0.15) is 6.33 Å². The minimum Gasteiger partial charge on any atom is -0.330 e. The van der Waals surface area contributed by atoms with Gasteiger partial charge in [0.2, 0.25) is 0 Å². The van der Waals surface area contributed by atoms with E-state index in [1.807, 2.05) is 35.0 Å². The van der Waals surface area contributed by atoms with Crippen LogP contribution in [-0.2, 0) is 6.42 Å². The lowest BCUT2D eigenvalue weighted by molar-refractivity contribution is 0.828. The predicted molar refractivity (Wildman–Crippen MR) is 73.6 cm³/mol. The van der Waals surface area contributed by atoms with Gasteiger partial charge in [0.15, 0.2) is 5.65 Å². The van der Waals surface area contributed by atoms with Gasteiger partial charge in [-0.15, -0.1) is 0 Å². The Morgan fingerprint density at radius 2 is 2.16 bits per heavy atom. The Kier molecular flexibility index (Phi) is 3.20. The van der Waals surface area contributed by atoms with Crippen LogP contribution in [0.25, 0.3) is 16.9 Å². The fraction of sp³-hybridized carbons (Fsp3) is 0.214. The van der Waals surface area contributed by atoms with Crippen LogP contribution in [0.15, 0.2) is 43.0 Å². The van der Waals surface area contributed by atoms with E-state index in [9.17, 15) is 0 Å². The van der Waals surface area contributed by atoms with Crippen molar-refractivity contribution in [3.63, 3.8) is 0 Å².